The number of hydroxylamine groups is 2. The number of hydrogen-bond donors (Lipinski definition) is 2. The minimum absolute atomic E-state index is 0.0172. The van der Waals surface area contributed by atoms with E-state index in [-0.39, 0.29) is 23.6 Å². The molecule has 0 radical (unpaired) electrons. The fourth-order valence-electron chi connectivity index (χ4n) is 4.03. The molecule has 1 saturated carbocycles. The lowest BCUT2D eigenvalue weighted by atomic mass is 9.79. The van der Waals surface area contributed by atoms with Gasteiger partial charge in [0.05, 0.1) is 5.92 Å². The van der Waals surface area contributed by atoms with Crippen LogP contribution in [0.5, 0.6) is 0 Å². The lowest BCUT2D eigenvalue weighted by Crippen LogP contribution is -2.33. The van der Waals surface area contributed by atoms with Gasteiger partial charge < -0.3 is 10.5 Å². The molecule has 0 bridgehead atoms. The highest BCUT2D eigenvalue weighted by atomic mass is 16.5. The van der Waals surface area contributed by atoms with Crippen molar-refractivity contribution in [3.8, 4) is 0 Å². The summed E-state index contributed by atoms with van der Waals surface area (Å²) in [6.07, 6.45) is 8.91. The fraction of sp³-hybridized carbons (Fsp3) is 0.842. The number of nitrogens with zero attached hydrogens (tertiary/aromatic N) is 2. The second-order valence-electron chi connectivity index (χ2n) is 7.63. The summed E-state index contributed by atoms with van der Waals surface area (Å²) >= 11 is 0. The number of carbonyl (C=O) groups excluding carboxylic acids is 3. The molecule has 1 heterocycles. The molecule has 3 amide bonds. The largest absolute Gasteiger partial charge is 0.355 e. The van der Waals surface area contributed by atoms with Crippen molar-refractivity contribution in [2.24, 2.45) is 11.8 Å². The number of rotatable bonds is 10. The first-order valence-electron chi connectivity index (χ1n) is 10.00. The Bertz CT molecular complexity index is 489. The molecule has 7 heteroatoms. The topological polar surface area (TPSA) is 89.9 Å². The Morgan fingerprint density at radius 2 is 1.92 bits per heavy atom. The number of likely N-dealkylation sites (tertiary alicyclic amines) is 1. The Hall–Kier alpha value is -1.47. The SMILES string of the molecule is CN(O)CCNC(=O)CCCCCN1C(=O)CC(C2CCCCC2)C1=O. The maximum atomic E-state index is 12.6. The average molecular weight is 367 g/mol. The minimum atomic E-state index is -0.0850. The van der Waals surface area contributed by atoms with Gasteiger partial charge in [-0.05, 0) is 31.6 Å². The molecule has 1 atom stereocenters. The van der Waals surface area contributed by atoms with Crippen molar-refractivity contribution in [1.29, 1.82) is 0 Å². The van der Waals surface area contributed by atoms with Gasteiger partial charge in [0.15, 0.2) is 0 Å². The van der Waals surface area contributed by atoms with Crippen LogP contribution in [0.1, 0.15) is 64.2 Å². The Morgan fingerprint density at radius 3 is 2.62 bits per heavy atom. The molecule has 1 aliphatic carbocycles. The molecule has 148 valence electrons. The molecule has 0 spiro atoms. The Kier molecular flexibility index (Phi) is 8.51. The molecule has 2 rings (SSSR count). The smallest absolute Gasteiger partial charge is 0.233 e. The Labute approximate surface area is 156 Å². The van der Waals surface area contributed by atoms with Crippen LogP contribution in [0.3, 0.4) is 0 Å². The van der Waals surface area contributed by atoms with E-state index in [1.807, 2.05) is 0 Å². The first kappa shape index (κ1) is 20.8. The number of likely N-dealkylation sites (N-methyl/N-ethyl adjacent to an activating group) is 1. The minimum Gasteiger partial charge on any atom is -0.355 e. The molecule has 2 N–H and O–H groups in total. The molecule has 0 aromatic rings. The summed E-state index contributed by atoms with van der Waals surface area (Å²) in [4.78, 5) is 37.9. The van der Waals surface area contributed by atoms with Gasteiger partial charge in [-0.2, -0.15) is 5.06 Å². The van der Waals surface area contributed by atoms with Crippen LogP contribution in [0.2, 0.25) is 0 Å². The van der Waals surface area contributed by atoms with Crippen molar-refractivity contribution in [3.05, 3.63) is 0 Å². The van der Waals surface area contributed by atoms with Crippen molar-refractivity contribution in [2.45, 2.75) is 64.2 Å². The summed E-state index contributed by atoms with van der Waals surface area (Å²) in [6, 6.07) is 0. The van der Waals surface area contributed by atoms with Crippen LogP contribution in [-0.2, 0) is 14.4 Å². The number of amides is 3. The van der Waals surface area contributed by atoms with E-state index in [0.29, 0.717) is 38.4 Å². The van der Waals surface area contributed by atoms with Gasteiger partial charge >= 0.3 is 0 Å². The van der Waals surface area contributed by atoms with E-state index in [1.54, 1.807) is 0 Å². The van der Waals surface area contributed by atoms with E-state index in [9.17, 15) is 14.4 Å². The van der Waals surface area contributed by atoms with Crippen LogP contribution in [-0.4, -0.2) is 59.6 Å². The molecule has 1 aliphatic heterocycles. The standard InChI is InChI=1S/C19H33N3O4/c1-21(26)13-11-20-17(23)10-6-3-7-12-22-18(24)14-16(19(22)25)15-8-4-2-5-9-15/h15-16,26H,2-14H2,1H3,(H,20,23). The average Bonchev–Trinajstić information content (AvgIpc) is 2.90. The molecular formula is C19H33N3O4. The quantitative estimate of drug-likeness (QED) is 0.350. The number of unbranched alkanes of at least 4 members (excludes halogenated alkanes) is 2. The molecule has 0 aromatic heterocycles. The molecule has 2 fully saturated rings. The van der Waals surface area contributed by atoms with E-state index in [2.05, 4.69) is 5.32 Å². The van der Waals surface area contributed by atoms with Crippen LogP contribution in [0.4, 0.5) is 0 Å². The monoisotopic (exact) mass is 367 g/mol. The van der Waals surface area contributed by atoms with Gasteiger partial charge in [-0.3, -0.25) is 19.3 Å². The first-order valence-corrected chi connectivity index (χ1v) is 10.00. The van der Waals surface area contributed by atoms with Crippen molar-refractivity contribution >= 4 is 17.7 Å². The predicted octanol–water partition coefficient (Wildman–Crippen LogP) is 1.94. The fourth-order valence-corrected chi connectivity index (χ4v) is 4.03. The first-order chi connectivity index (χ1) is 12.5. The van der Waals surface area contributed by atoms with Crippen LogP contribution in [0, 0.1) is 11.8 Å². The highest BCUT2D eigenvalue weighted by Gasteiger charge is 2.42. The van der Waals surface area contributed by atoms with Crippen LogP contribution in [0.25, 0.3) is 0 Å². The maximum Gasteiger partial charge on any atom is 0.233 e. The summed E-state index contributed by atoms with van der Waals surface area (Å²) < 4.78 is 0. The Morgan fingerprint density at radius 1 is 1.19 bits per heavy atom. The molecule has 1 saturated heterocycles. The highest BCUT2D eigenvalue weighted by Crippen LogP contribution is 2.36. The number of imide groups is 1. The van der Waals surface area contributed by atoms with Gasteiger partial charge in [0, 0.05) is 39.5 Å². The molecule has 2 aliphatic rings. The van der Waals surface area contributed by atoms with Gasteiger partial charge in [-0.15, -0.1) is 0 Å². The van der Waals surface area contributed by atoms with E-state index in [0.717, 1.165) is 37.2 Å². The van der Waals surface area contributed by atoms with E-state index >= 15 is 0 Å². The van der Waals surface area contributed by atoms with Crippen LogP contribution in [0.15, 0.2) is 0 Å². The van der Waals surface area contributed by atoms with Crippen LogP contribution < -0.4 is 5.32 Å². The third-order valence-corrected chi connectivity index (χ3v) is 5.54. The van der Waals surface area contributed by atoms with Crippen molar-refractivity contribution in [3.63, 3.8) is 0 Å². The Balaban J connectivity index is 1.61. The number of hydrogen-bond acceptors (Lipinski definition) is 5. The van der Waals surface area contributed by atoms with Crippen molar-refractivity contribution in [2.75, 3.05) is 26.7 Å². The zero-order valence-electron chi connectivity index (χ0n) is 15.9. The normalized spacial score (nSPS) is 21.7. The predicted molar refractivity (Wildman–Crippen MR) is 97.3 cm³/mol. The molecule has 1 unspecified atom stereocenters. The van der Waals surface area contributed by atoms with E-state index in [1.165, 1.54) is 31.2 Å². The van der Waals surface area contributed by atoms with Crippen molar-refractivity contribution in [1.82, 2.24) is 15.3 Å². The van der Waals surface area contributed by atoms with Gasteiger partial charge in [-0.25, -0.2) is 0 Å². The summed E-state index contributed by atoms with van der Waals surface area (Å²) in [5.41, 5.74) is 0. The zero-order chi connectivity index (χ0) is 18.9. The van der Waals surface area contributed by atoms with Gasteiger partial charge in [0.1, 0.15) is 0 Å². The van der Waals surface area contributed by atoms with E-state index in [4.69, 9.17) is 5.21 Å². The van der Waals surface area contributed by atoms with Crippen LogP contribution >= 0.6 is 0 Å². The number of nitrogens with one attached hydrogen (secondary N) is 1. The summed E-state index contributed by atoms with van der Waals surface area (Å²) in [6.45, 7) is 1.30. The summed E-state index contributed by atoms with van der Waals surface area (Å²) in [7, 11) is 1.53. The number of carbonyl (C=O) groups is 3. The van der Waals surface area contributed by atoms with Gasteiger partial charge in [0.25, 0.3) is 0 Å². The molecule has 0 aromatic carbocycles. The lowest BCUT2D eigenvalue weighted by Gasteiger charge is -2.25. The second-order valence-corrected chi connectivity index (χ2v) is 7.63. The maximum absolute atomic E-state index is 12.6. The third kappa shape index (κ3) is 6.36. The molecule has 7 nitrogen and oxygen atoms in total. The van der Waals surface area contributed by atoms with Gasteiger partial charge in [-0.1, -0.05) is 25.7 Å². The van der Waals surface area contributed by atoms with Gasteiger partial charge in [0.2, 0.25) is 17.7 Å². The highest BCUT2D eigenvalue weighted by molar-refractivity contribution is 6.03. The third-order valence-electron chi connectivity index (χ3n) is 5.54. The summed E-state index contributed by atoms with van der Waals surface area (Å²) in [5, 5.41) is 12.8. The summed E-state index contributed by atoms with van der Waals surface area (Å²) in [5.74, 6) is 0.298. The lowest BCUT2D eigenvalue weighted by molar-refractivity contribution is -0.140. The zero-order valence-corrected chi connectivity index (χ0v) is 15.9. The molecular weight excluding hydrogens is 334 g/mol. The second kappa shape index (κ2) is 10.6. The molecule has 26 heavy (non-hydrogen) atoms. The van der Waals surface area contributed by atoms with E-state index < -0.39 is 0 Å². The van der Waals surface area contributed by atoms with Crippen molar-refractivity contribution < 1.29 is 19.6 Å².